The van der Waals surface area contributed by atoms with E-state index in [2.05, 4.69) is 0 Å². The molecule has 4 heteroatoms. The van der Waals surface area contributed by atoms with Crippen LogP contribution in [-0.4, -0.2) is 19.6 Å². The largest absolute Gasteiger partial charge is 0.497 e. The fourth-order valence-electron chi connectivity index (χ4n) is 2.69. The molecule has 1 amide bonds. The van der Waals surface area contributed by atoms with Gasteiger partial charge in [0, 0.05) is 23.5 Å². The second-order valence-corrected chi connectivity index (χ2v) is 5.18. The standard InChI is InChI=1S/C17H18N2O2/c1-21-15-8-9-16-13(11-15)3-2-10-19(16)17(20)12-4-6-14(18)7-5-12/h4-9,11H,2-3,10,18H2,1H3. The van der Waals surface area contributed by atoms with Crippen molar-refractivity contribution in [1.29, 1.82) is 0 Å². The number of carbonyl (C=O) groups excluding carboxylic acids is 1. The van der Waals surface area contributed by atoms with Crippen molar-refractivity contribution in [3.05, 3.63) is 53.6 Å². The molecule has 108 valence electrons. The summed E-state index contributed by atoms with van der Waals surface area (Å²) in [6.45, 7) is 0.739. The molecule has 1 heterocycles. The summed E-state index contributed by atoms with van der Waals surface area (Å²) in [7, 11) is 1.65. The third-order valence-electron chi connectivity index (χ3n) is 3.81. The topological polar surface area (TPSA) is 55.6 Å². The summed E-state index contributed by atoms with van der Waals surface area (Å²) < 4.78 is 5.26. The van der Waals surface area contributed by atoms with Gasteiger partial charge in [0.15, 0.2) is 0 Å². The number of rotatable bonds is 2. The average Bonchev–Trinajstić information content (AvgIpc) is 2.53. The first-order chi connectivity index (χ1) is 10.2. The zero-order valence-electron chi connectivity index (χ0n) is 12.0. The van der Waals surface area contributed by atoms with Gasteiger partial charge in [-0.1, -0.05) is 0 Å². The molecule has 0 fully saturated rings. The Morgan fingerprint density at radius 2 is 1.95 bits per heavy atom. The van der Waals surface area contributed by atoms with E-state index in [0.717, 1.165) is 36.4 Å². The van der Waals surface area contributed by atoms with E-state index in [-0.39, 0.29) is 5.91 Å². The predicted octanol–water partition coefficient (Wildman–Crippen LogP) is 2.87. The molecule has 4 nitrogen and oxygen atoms in total. The van der Waals surface area contributed by atoms with Gasteiger partial charge in [-0.3, -0.25) is 4.79 Å². The van der Waals surface area contributed by atoms with Gasteiger partial charge in [0.2, 0.25) is 0 Å². The number of nitrogens with two attached hydrogens (primary N) is 1. The van der Waals surface area contributed by atoms with Crippen molar-refractivity contribution in [2.24, 2.45) is 0 Å². The molecule has 0 bridgehead atoms. The fourth-order valence-corrected chi connectivity index (χ4v) is 2.69. The van der Waals surface area contributed by atoms with Crippen LogP contribution in [0.25, 0.3) is 0 Å². The summed E-state index contributed by atoms with van der Waals surface area (Å²) in [6.07, 6.45) is 1.93. The number of amides is 1. The number of hydrogen-bond donors (Lipinski definition) is 1. The number of fused-ring (bicyclic) bond motifs is 1. The first-order valence-electron chi connectivity index (χ1n) is 7.03. The zero-order valence-corrected chi connectivity index (χ0v) is 12.0. The van der Waals surface area contributed by atoms with Gasteiger partial charge in [-0.25, -0.2) is 0 Å². The molecule has 2 aromatic carbocycles. The lowest BCUT2D eigenvalue weighted by molar-refractivity contribution is 0.0985. The molecule has 3 rings (SSSR count). The predicted molar refractivity (Wildman–Crippen MR) is 83.8 cm³/mol. The Labute approximate surface area is 124 Å². The van der Waals surface area contributed by atoms with E-state index in [1.165, 1.54) is 0 Å². The minimum absolute atomic E-state index is 0.0149. The molecule has 0 radical (unpaired) electrons. The lowest BCUT2D eigenvalue weighted by atomic mass is 10.0. The van der Waals surface area contributed by atoms with Crippen LogP contribution >= 0.6 is 0 Å². The molecule has 0 aliphatic carbocycles. The van der Waals surface area contributed by atoms with Gasteiger partial charge in [-0.15, -0.1) is 0 Å². The first-order valence-corrected chi connectivity index (χ1v) is 7.03. The number of nitrogen functional groups attached to an aromatic ring is 1. The zero-order chi connectivity index (χ0) is 14.8. The molecule has 0 spiro atoms. The Balaban J connectivity index is 1.94. The molecule has 1 aliphatic rings. The first kappa shape index (κ1) is 13.5. The van der Waals surface area contributed by atoms with Crippen molar-refractivity contribution < 1.29 is 9.53 Å². The van der Waals surface area contributed by atoms with Gasteiger partial charge in [-0.05, 0) is 60.9 Å². The summed E-state index contributed by atoms with van der Waals surface area (Å²) in [5.41, 5.74) is 9.13. The van der Waals surface area contributed by atoms with Crippen LogP contribution in [0, 0.1) is 0 Å². The number of carbonyl (C=O) groups is 1. The number of benzene rings is 2. The molecular weight excluding hydrogens is 264 g/mol. The number of anilines is 2. The molecular formula is C17H18N2O2. The smallest absolute Gasteiger partial charge is 0.258 e. The van der Waals surface area contributed by atoms with E-state index < -0.39 is 0 Å². The van der Waals surface area contributed by atoms with Crippen LogP contribution in [0.15, 0.2) is 42.5 Å². The van der Waals surface area contributed by atoms with Crippen molar-refractivity contribution >= 4 is 17.3 Å². The number of aryl methyl sites for hydroxylation is 1. The van der Waals surface area contributed by atoms with Crippen LogP contribution in [0.4, 0.5) is 11.4 Å². The SMILES string of the molecule is COc1ccc2c(c1)CCCN2C(=O)c1ccc(N)cc1. The molecule has 0 saturated carbocycles. The third kappa shape index (κ3) is 2.57. The summed E-state index contributed by atoms with van der Waals surface area (Å²) in [6, 6.07) is 12.9. The van der Waals surface area contributed by atoms with Crippen LogP contribution in [-0.2, 0) is 6.42 Å². The van der Waals surface area contributed by atoms with Gasteiger partial charge in [-0.2, -0.15) is 0 Å². The van der Waals surface area contributed by atoms with E-state index in [1.54, 1.807) is 31.4 Å². The van der Waals surface area contributed by atoms with E-state index in [1.807, 2.05) is 23.1 Å². The number of ether oxygens (including phenoxy) is 1. The average molecular weight is 282 g/mol. The Morgan fingerprint density at radius 1 is 1.19 bits per heavy atom. The Morgan fingerprint density at radius 3 is 2.67 bits per heavy atom. The molecule has 0 unspecified atom stereocenters. The maximum Gasteiger partial charge on any atom is 0.258 e. The van der Waals surface area contributed by atoms with E-state index in [0.29, 0.717) is 11.3 Å². The van der Waals surface area contributed by atoms with Crippen molar-refractivity contribution in [1.82, 2.24) is 0 Å². The van der Waals surface area contributed by atoms with Gasteiger partial charge in [0.1, 0.15) is 5.75 Å². The van der Waals surface area contributed by atoms with Gasteiger partial charge < -0.3 is 15.4 Å². The highest BCUT2D eigenvalue weighted by atomic mass is 16.5. The van der Waals surface area contributed by atoms with Gasteiger partial charge in [0.05, 0.1) is 7.11 Å². The quantitative estimate of drug-likeness (QED) is 0.862. The number of methoxy groups -OCH3 is 1. The summed E-state index contributed by atoms with van der Waals surface area (Å²) >= 11 is 0. The maximum absolute atomic E-state index is 12.7. The molecule has 21 heavy (non-hydrogen) atoms. The Kier molecular flexibility index (Phi) is 3.52. The minimum Gasteiger partial charge on any atom is -0.497 e. The third-order valence-corrected chi connectivity index (χ3v) is 3.81. The van der Waals surface area contributed by atoms with Gasteiger partial charge in [0.25, 0.3) is 5.91 Å². The number of nitrogens with zero attached hydrogens (tertiary/aromatic N) is 1. The molecule has 0 aromatic heterocycles. The van der Waals surface area contributed by atoms with E-state index >= 15 is 0 Å². The summed E-state index contributed by atoms with van der Waals surface area (Å²) in [4.78, 5) is 14.5. The van der Waals surface area contributed by atoms with Crippen molar-refractivity contribution in [2.45, 2.75) is 12.8 Å². The lowest BCUT2D eigenvalue weighted by Crippen LogP contribution is -2.35. The van der Waals surface area contributed by atoms with E-state index in [9.17, 15) is 4.79 Å². The molecule has 2 aromatic rings. The highest BCUT2D eigenvalue weighted by Crippen LogP contribution is 2.31. The van der Waals surface area contributed by atoms with Crippen molar-refractivity contribution in [3.63, 3.8) is 0 Å². The second kappa shape index (κ2) is 5.48. The maximum atomic E-state index is 12.7. The lowest BCUT2D eigenvalue weighted by Gasteiger charge is -2.30. The van der Waals surface area contributed by atoms with Crippen LogP contribution in [0.2, 0.25) is 0 Å². The second-order valence-electron chi connectivity index (χ2n) is 5.18. The molecule has 0 saturated heterocycles. The Hall–Kier alpha value is -2.49. The monoisotopic (exact) mass is 282 g/mol. The summed E-state index contributed by atoms with van der Waals surface area (Å²) in [5, 5.41) is 0. The normalized spacial score (nSPS) is 13.7. The van der Waals surface area contributed by atoms with E-state index in [4.69, 9.17) is 10.5 Å². The van der Waals surface area contributed by atoms with Crippen LogP contribution in [0.1, 0.15) is 22.3 Å². The minimum atomic E-state index is 0.0149. The number of hydrogen-bond acceptors (Lipinski definition) is 3. The molecule has 0 atom stereocenters. The molecule has 2 N–H and O–H groups in total. The van der Waals surface area contributed by atoms with Crippen molar-refractivity contribution in [2.75, 3.05) is 24.3 Å². The van der Waals surface area contributed by atoms with Crippen LogP contribution in [0.5, 0.6) is 5.75 Å². The Bertz CT molecular complexity index is 665. The van der Waals surface area contributed by atoms with Crippen LogP contribution in [0.3, 0.4) is 0 Å². The highest BCUT2D eigenvalue weighted by molar-refractivity contribution is 6.06. The fraction of sp³-hybridized carbons (Fsp3) is 0.235. The van der Waals surface area contributed by atoms with Crippen molar-refractivity contribution in [3.8, 4) is 5.75 Å². The molecule has 1 aliphatic heterocycles. The van der Waals surface area contributed by atoms with Gasteiger partial charge >= 0.3 is 0 Å². The van der Waals surface area contributed by atoms with Crippen LogP contribution < -0.4 is 15.4 Å². The summed E-state index contributed by atoms with van der Waals surface area (Å²) in [5.74, 6) is 0.844. The highest BCUT2D eigenvalue weighted by Gasteiger charge is 2.23.